The van der Waals surface area contributed by atoms with Crippen molar-refractivity contribution < 1.29 is 22.8 Å². The maximum Gasteiger partial charge on any atom is 0.417 e. The smallest absolute Gasteiger partial charge is 0.370 e. The summed E-state index contributed by atoms with van der Waals surface area (Å²) in [5.74, 6) is -0.560. The number of halogens is 3. The first-order valence-electron chi connectivity index (χ1n) is 9.70. The average Bonchev–Trinajstić information content (AvgIpc) is 3.10. The lowest BCUT2D eigenvalue weighted by Crippen LogP contribution is -2.51. The molecule has 0 aromatic heterocycles. The number of nitrogens with one attached hydrogen (secondary N) is 2. The Kier molecular flexibility index (Phi) is 5.83. The van der Waals surface area contributed by atoms with Gasteiger partial charge in [0.05, 0.1) is 23.1 Å². The predicted octanol–water partition coefficient (Wildman–Crippen LogP) is 2.18. The highest BCUT2D eigenvalue weighted by atomic mass is 19.4. The molecule has 2 N–H and O–H groups in total. The SMILES string of the molecule is CNC(=O)C1CN(c2ccc(C#N)c(C(F)(F)F)c2)CC12CCN(C(=O)NC)CC2. The van der Waals surface area contributed by atoms with Crippen molar-refractivity contribution in [3.05, 3.63) is 29.3 Å². The summed E-state index contributed by atoms with van der Waals surface area (Å²) in [7, 11) is 3.10. The summed E-state index contributed by atoms with van der Waals surface area (Å²) in [5, 5.41) is 14.3. The molecule has 2 heterocycles. The predicted molar refractivity (Wildman–Crippen MR) is 104 cm³/mol. The molecule has 2 aliphatic heterocycles. The van der Waals surface area contributed by atoms with Crippen LogP contribution in [0.15, 0.2) is 18.2 Å². The fraction of sp³-hybridized carbons (Fsp3) is 0.550. The van der Waals surface area contributed by atoms with E-state index in [4.69, 9.17) is 5.26 Å². The van der Waals surface area contributed by atoms with Gasteiger partial charge in [-0.3, -0.25) is 4.79 Å². The number of amides is 3. The number of carbonyl (C=O) groups is 2. The molecular weight excluding hydrogens is 399 g/mol. The zero-order valence-electron chi connectivity index (χ0n) is 16.8. The van der Waals surface area contributed by atoms with Gasteiger partial charge in [-0.15, -0.1) is 0 Å². The normalized spacial score (nSPS) is 20.7. The van der Waals surface area contributed by atoms with Crippen molar-refractivity contribution in [3.8, 4) is 6.07 Å². The molecule has 1 aromatic rings. The van der Waals surface area contributed by atoms with E-state index in [1.165, 1.54) is 12.1 Å². The van der Waals surface area contributed by atoms with Crippen LogP contribution in [-0.4, -0.2) is 57.1 Å². The first kappa shape index (κ1) is 21.7. The molecule has 1 aromatic carbocycles. The first-order valence-corrected chi connectivity index (χ1v) is 9.70. The molecule has 2 aliphatic rings. The summed E-state index contributed by atoms with van der Waals surface area (Å²) < 4.78 is 40.2. The Labute approximate surface area is 172 Å². The number of alkyl halides is 3. The number of urea groups is 1. The van der Waals surface area contributed by atoms with Gasteiger partial charge in [0.25, 0.3) is 0 Å². The van der Waals surface area contributed by atoms with Crippen LogP contribution in [0.1, 0.15) is 24.0 Å². The van der Waals surface area contributed by atoms with Gasteiger partial charge in [-0.2, -0.15) is 18.4 Å². The molecule has 30 heavy (non-hydrogen) atoms. The molecule has 3 amide bonds. The van der Waals surface area contributed by atoms with E-state index >= 15 is 0 Å². The number of carbonyl (C=O) groups excluding carboxylic acids is 2. The quantitative estimate of drug-likeness (QED) is 0.763. The number of piperidine rings is 1. The van der Waals surface area contributed by atoms with Crippen LogP contribution in [-0.2, 0) is 11.0 Å². The summed E-state index contributed by atoms with van der Waals surface area (Å²) in [6, 6.07) is 5.06. The van der Waals surface area contributed by atoms with Crippen LogP contribution >= 0.6 is 0 Å². The number of hydrogen-bond donors (Lipinski definition) is 2. The van der Waals surface area contributed by atoms with Crippen LogP contribution < -0.4 is 15.5 Å². The van der Waals surface area contributed by atoms with Gasteiger partial charge in [0.2, 0.25) is 5.91 Å². The number of nitriles is 1. The number of likely N-dealkylation sites (tertiary alicyclic amines) is 1. The minimum absolute atomic E-state index is 0.157. The third kappa shape index (κ3) is 3.88. The van der Waals surface area contributed by atoms with Gasteiger partial charge in [0.1, 0.15) is 0 Å². The van der Waals surface area contributed by atoms with Gasteiger partial charge in [-0.1, -0.05) is 0 Å². The van der Waals surface area contributed by atoms with Gasteiger partial charge in [-0.05, 0) is 31.0 Å². The molecule has 3 rings (SSSR count). The van der Waals surface area contributed by atoms with Gasteiger partial charge >= 0.3 is 12.2 Å². The molecule has 2 saturated heterocycles. The largest absolute Gasteiger partial charge is 0.417 e. The lowest BCUT2D eigenvalue weighted by atomic mass is 9.70. The summed E-state index contributed by atoms with van der Waals surface area (Å²) in [4.78, 5) is 28.0. The fourth-order valence-corrected chi connectivity index (χ4v) is 4.58. The van der Waals surface area contributed by atoms with Crippen molar-refractivity contribution in [1.82, 2.24) is 15.5 Å². The molecule has 162 valence electrons. The highest BCUT2D eigenvalue weighted by molar-refractivity contribution is 5.81. The monoisotopic (exact) mass is 423 g/mol. The summed E-state index contributed by atoms with van der Waals surface area (Å²) >= 11 is 0. The van der Waals surface area contributed by atoms with Crippen molar-refractivity contribution in [2.24, 2.45) is 11.3 Å². The number of benzene rings is 1. The Morgan fingerprint density at radius 2 is 1.87 bits per heavy atom. The fourth-order valence-electron chi connectivity index (χ4n) is 4.58. The Balaban J connectivity index is 1.90. The molecule has 1 atom stereocenters. The molecule has 0 radical (unpaired) electrons. The van der Waals surface area contributed by atoms with E-state index in [0.29, 0.717) is 38.2 Å². The number of hydrogen-bond acceptors (Lipinski definition) is 4. The third-order valence-electron chi connectivity index (χ3n) is 6.27. The Bertz CT molecular complexity index is 872. The second-order valence-electron chi connectivity index (χ2n) is 7.79. The molecule has 0 aliphatic carbocycles. The molecule has 0 bridgehead atoms. The van der Waals surface area contributed by atoms with E-state index in [1.54, 1.807) is 30.0 Å². The van der Waals surface area contributed by atoms with Gasteiger partial charge in [0, 0.05) is 51.4 Å². The molecular formula is C20H24F3N5O2. The van der Waals surface area contributed by atoms with E-state index in [9.17, 15) is 22.8 Å². The average molecular weight is 423 g/mol. The minimum atomic E-state index is -4.64. The third-order valence-corrected chi connectivity index (χ3v) is 6.27. The van der Waals surface area contributed by atoms with Crippen molar-refractivity contribution in [1.29, 1.82) is 5.26 Å². The molecule has 1 spiro atoms. The van der Waals surface area contributed by atoms with E-state index in [1.807, 2.05) is 0 Å². The van der Waals surface area contributed by atoms with Crippen LogP contribution in [0.5, 0.6) is 0 Å². The molecule has 7 nitrogen and oxygen atoms in total. The number of rotatable bonds is 2. The Hall–Kier alpha value is -2.96. The van der Waals surface area contributed by atoms with Crippen LogP contribution in [0, 0.1) is 22.7 Å². The molecule has 10 heteroatoms. The van der Waals surface area contributed by atoms with E-state index < -0.39 is 28.6 Å². The van der Waals surface area contributed by atoms with Gasteiger partial charge in [-0.25, -0.2) is 4.79 Å². The van der Waals surface area contributed by atoms with Crippen molar-refractivity contribution in [2.45, 2.75) is 19.0 Å². The van der Waals surface area contributed by atoms with Crippen molar-refractivity contribution >= 4 is 17.6 Å². The lowest BCUT2D eigenvalue weighted by molar-refractivity contribution is -0.137. The number of anilines is 1. The highest BCUT2D eigenvalue weighted by Crippen LogP contribution is 2.47. The minimum Gasteiger partial charge on any atom is -0.370 e. The van der Waals surface area contributed by atoms with E-state index in [0.717, 1.165) is 6.07 Å². The second-order valence-corrected chi connectivity index (χ2v) is 7.79. The lowest BCUT2D eigenvalue weighted by Gasteiger charge is -2.41. The molecule has 1 unspecified atom stereocenters. The standard InChI is InChI=1S/C20H24F3N5O2/c1-25-17(29)16-11-28(12-19(16)5-7-27(8-6-19)18(30)26-2)14-4-3-13(10-24)15(9-14)20(21,22)23/h3-4,9,16H,5-8,11-12H2,1-2H3,(H,25,29)(H,26,30). The van der Waals surface area contributed by atoms with Gasteiger partial charge in [0.15, 0.2) is 0 Å². The molecule has 2 fully saturated rings. The van der Waals surface area contributed by atoms with E-state index in [2.05, 4.69) is 10.6 Å². The summed E-state index contributed by atoms with van der Waals surface area (Å²) in [6.07, 6.45) is -3.48. The van der Waals surface area contributed by atoms with Crippen LogP contribution in [0.4, 0.5) is 23.7 Å². The summed E-state index contributed by atoms with van der Waals surface area (Å²) in [5.41, 5.74) is -1.51. The Morgan fingerprint density at radius 1 is 1.20 bits per heavy atom. The van der Waals surface area contributed by atoms with Crippen LogP contribution in [0.25, 0.3) is 0 Å². The topological polar surface area (TPSA) is 88.5 Å². The van der Waals surface area contributed by atoms with Crippen molar-refractivity contribution in [2.75, 3.05) is 45.2 Å². The molecule has 0 saturated carbocycles. The zero-order chi connectivity index (χ0) is 22.1. The first-order chi connectivity index (χ1) is 14.1. The van der Waals surface area contributed by atoms with Crippen LogP contribution in [0.2, 0.25) is 0 Å². The number of nitrogens with zero attached hydrogens (tertiary/aromatic N) is 3. The van der Waals surface area contributed by atoms with E-state index in [-0.39, 0.29) is 18.5 Å². The van der Waals surface area contributed by atoms with Gasteiger partial charge < -0.3 is 20.4 Å². The summed E-state index contributed by atoms with van der Waals surface area (Å²) in [6.45, 7) is 1.64. The van der Waals surface area contributed by atoms with Crippen molar-refractivity contribution in [3.63, 3.8) is 0 Å². The maximum absolute atomic E-state index is 13.4. The highest BCUT2D eigenvalue weighted by Gasteiger charge is 2.51. The second kappa shape index (κ2) is 8.05. The van der Waals surface area contributed by atoms with Crippen LogP contribution in [0.3, 0.4) is 0 Å². The Morgan fingerprint density at radius 3 is 2.40 bits per heavy atom. The zero-order valence-corrected chi connectivity index (χ0v) is 16.8. The maximum atomic E-state index is 13.4.